The van der Waals surface area contributed by atoms with Gasteiger partial charge in [0, 0.05) is 25.0 Å². The summed E-state index contributed by atoms with van der Waals surface area (Å²) in [4.78, 5) is 0. The highest BCUT2D eigenvalue weighted by Crippen LogP contribution is 2.27. The Labute approximate surface area is 146 Å². The highest BCUT2D eigenvalue weighted by atomic mass is 32.2. The molecule has 1 fully saturated rings. The van der Waals surface area contributed by atoms with Gasteiger partial charge in [0.1, 0.15) is 5.75 Å². The molecule has 1 atom stereocenters. The third kappa shape index (κ3) is 4.09. The van der Waals surface area contributed by atoms with Gasteiger partial charge < -0.3 is 14.2 Å². The van der Waals surface area contributed by atoms with Crippen molar-refractivity contribution in [2.45, 2.75) is 30.6 Å². The molecule has 1 aromatic carbocycles. The monoisotopic (exact) mass is 349 g/mol. The molecule has 2 heterocycles. The molecule has 3 rings (SSSR count). The average molecular weight is 349 g/mol. The Morgan fingerprint density at radius 2 is 2.08 bits per heavy atom. The Morgan fingerprint density at radius 3 is 2.75 bits per heavy atom. The van der Waals surface area contributed by atoms with Gasteiger partial charge in [-0.1, -0.05) is 11.8 Å². The minimum atomic E-state index is 0.236. The van der Waals surface area contributed by atoms with Crippen molar-refractivity contribution in [3.05, 3.63) is 24.3 Å². The maximum absolute atomic E-state index is 5.80. The van der Waals surface area contributed by atoms with E-state index in [1.54, 1.807) is 26.0 Å². The number of hydrogen-bond donors (Lipinski definition) is 0. The second-order valence-corrected chi connectivity index (χ2v) is 6.68. The largest absolute Gasteiger partial charge is 0.497 e. The minimum Gasteiger partial charge on any atom is -0.497 e. The summed E-state index contributed by atoms with van der Waals surface area (Å²) in [7, 11) is 3.37. The topological polar surface area (TPSA) is 58.4 Å². The van der Waals surface area contributed by atoms with E-state index in [4.69, 9.17) is 14.2 Å². The van der Waals surface area contributed by atoms with Gasteiger partial charge in [0.2, 0.25) is 0 Å². The van der Waals surface area contributed by atoms with Crippen molar-refractivity contribution in [1.82, 2.24) is 14.8 Å². The standard InChI is InChI=1S/C17H23N3O3S/c1-21-10-11-24-17-19-18-16(13-5-7-14(22-2)8-6-13)20(17)12-15-4-3-9-23-15/h5-8,15H,3-4,9-12H2,1-2H3. The third-order valence-corrected chi connectivity index (χ3v) is 4.92. The predicted molar refractivity (Wildman–Crippen MR) is 93.6 cm³/mol. The summed E-state index contributed by atoms with van der Waals surface area (Å²) >= 11 is 1.66. The number of ether oxygens (including phenoxy) is 3. The molecule has 0 radical (unpaired) electrons. The molecule has 1 aromatic heterocycles. The van der Waals surface area contributed by atoms with Crippen LogP contribution in [0.25, 0.3) is 11.4 Å². The summed E-state index contributed by atoms with van der Waals surface area (Å²) in [6, 6.07) is 7.91. The van der Waals surface area contributed by atoms with Crippen molar-refractivity contribution in [3.63, 3.8) is 0 Å². The zero-order valence-electron chi connectivity index (χ0n) is 14.1. The lowest BCUT2D eigenvalue weighted by Crippen LogP contribution is -2.16. The molecule has 130 valence electrons. The van der Waals surface area contributed by atoms with Crippen LogP contribution in [0.3, 0.4) is 0 Å². The normalized spacial score (nSPS) is 17.3. The Hall–Kier alpha value is -1.57. The van der Waals surface area contributed by atoms with Crippen molar-refractivity contribution in [2.75, 3.05) is 33.2 Å². The fourth-order valence-corrected chi connectivity index (χ4v) is 3.57. The summed E-state index contributed by atoms with van der Waals surface area (Å²) in [5, 5.41) is 9.71. The van der Waals surface area contributed by atoms with Crippen LogP contribution in [0, 0.1) is 0 Å². The first-order valence-electron chi connectivity index (χ1n) is 8.12. The lowest BCUT2D eigenvalue weighted by molar-refractivity contribution is 0.0953. The highest BCUT2D eigenvalue weighted by Gasteiger charge is 2.21. The van der Waals surface area contributed by atoms with Gasteiger partial charge in [-0.25, -0.2) is 0 Å². The summed E-state index contributed by atoms with van der Waals surface area (Å²) in [6.45, 7) is 2.32. The molecule has 7 heteroatoms. The number of nitrogens with zero attached hydrogens (tertiary/aromatic N) is 3. The van der Waals surface area contributed by atoms with Crippen molar-refractivity contribution in [1.29, 1.82) is 0 Å². The molecule has 2 aromatic rings. The quantitative estimate of drug-likeness (QED) is 0.539. The van der Waals surface area contributed by atoms with E-state index < -0.39 is 0 Å². The first-order chi connectivity index (χ1) is 11.8. The van der Waals surface area contributed by atoms with Crippen LogP contribution in [0.2, 0.25) is 0 Å². The second kappa shape index (κ2) is 8.50. The molecule has 0 aliphatic carbocycles. The molecule has 1 saturated heterocycles. The molecule has 6 nitrogen and oxygen atoms in total. The van der Waals surface area contributed by atoms with Crippen molar-refractivity contribution >= 4 is 11.8 Å². The van der Waals surface area contributed by atoms with E-state index in [1.807, 2.05) is 24.3 Å². The van der Waals surface area contributed by atoms with E-state index >= 15 is 0 Å². The second-order valence-electron chi connectivity index (χ2n) is 5.62. The van der Waals surface area contributed by atoms with Crippen molar-refractivity contribution < 1.29 is 14.2 Å². The SMILES string of the molecule is COCCSc1nnc(-c2ccc(OC)cc2)n1CC1CCCO1. The Morgan fingerprint density at radius 1 is 1.25 bits per heavy atom. The number of thioether (sulfide) groups is 1. The molecule has 24 heavy (non-hydrogen) atoms. The molecule has 0 saturated carbocycles. The maximum atomic E-state index is 5.80. The van der Waals surface area contributed by atoms with E-state index in [-0.39, 0.29) is 6.10 Å². The smallest absolute Gasteiger partial charge is 0.191 e. The molecule has 0 spiro atoms. The fourth-order valence-electron chi connectivity index (χ4n) is 2.72. The predicted octanol–water partition coefficient (Wildman–Crippen LogP) is 2.87. The number of rotatable bonds is 8. The van der Waals surface area contributed by atoms with Gasteiger partial charge in [0.05, 0.1) is 26.4 Å². The summed E-state index contributed by atoms with van der Waals surface area (Å²) in [5.41, 5.74) is 1.03. The molecule has 1 aliphatic heterocycles. The Balaban J connectivity index is 1.85. The molecule has 0 bridgehead atoms. The van der Waals surface area contributed by atoms with Crippen LogP contribution < -0.4 is 4.74 Å². The van der Waals surface area contributed by atoms with Gasteiger partial charge in [-0.15, -0.1) is 10.2 Å². The molecular formula is C17H23N3O3S. The van der Waals surface area contributed by atoms with Gasteiger partial charge >= 0.3 is 0 Å². The van der Waals surface area contributed by atoms with Gasteiger partial charge in [0.25, 0.3) is 0 Å². The summed E-state index contributed by atoms with van der Waals surface area (Å²) in [5.74, 6) is 2.55. The van der Waals surface area contributed by atoms with E-state index in [1.165, 1.54) is 0 Å². The van der Waals surface area contributed by atoms with Crippen LogP contribution in [0.4, 0.5) is 0 Å². The molecule has 1 aliphatic rings. The summed E-state index contributed by atoms with van der Waals surface area (Å²) in [6.07, 6.45) is 2.44. The number of benzene rings is 1. The highest BCUT2D eigenvalue weighted by molar-refractivity contribution is 7.99. The molecule has 0 amide bonds. The zero-order valence-corrected chi connectivity index (χ0v) is 14.9. The van der Waals surface area contributed by atoms with Crippen molar-refractivity contribution in [2.24, 2.45) is 0 Å². The fraction of sp³-hybridized carbons (Fsp3) is 0.529. The Kier molecular flexibility index (Phi) is 6.12. The average Bonchev–Trinajstić information content (AvgIpc) is 3.26. The number of aromatic nitrogens is 3. The Bertz CT molecular complexity index is 639. The number of methoxy groups -OCH3 is 2. The van der Waals surface area contributed by atoms with Crippen LogP contribution in [0.1, 0.15) is 12.8 Å². The molecule has 0 N–H and O–H groups in total. The van der Waals surface area contributed by atoms with Gasteiger partial charge in [-0.05, 0) is 37.1 Å². The first kappa shape index (κ1) is 17.3. The van der Waals surface area contributed by atoms with Crippen LogP contribution >= 0.6 is 11.8 Å². The minimum absolute atomic E-state index is 0.236. The van der Waals surface area contributed by atoms with Crippen LogP contribution in [-0.4, -0.2) is 54.1 Å². The molecule has 1 unspecified atom stereocenters. The zero-order chi connectivity index (χ0) is 16.8. The van der Waals surface area contributed by atoms with E-state index in [9.17, 15) is 0 Å². The number of hydrogen-bond acceptors (Lipinski definition) is 6. The lowest BCUT2D eigenvalue weighted by Gasteiger charge is -2.14. The van der Waals surface area contributed by atoms with Crippen LogP contribution in [-0.2, 0) is 16.0 Å². The lowest BCUT2D eigenvalue weighted by atomic mass is 10.2. The van der Waals surface area contributed by atoms with E-state index in [0.717, 1.165) is 54.0 Å². The van der Waals surface area contributed by atoms with Gasteiger partial charge in [-0.3, -0.25) is 4.57 Å². The van der Waals surface area contributed by atoms with Crippen LogP contribution in [0.5, 0.6) is 5.75 Å². The van der Waals surface area contributed by atoms with Crippen molar-refractivity contribution in [3.8, 4) is 17.1 Å². The summed E-state index contributed by atoms with van der Waals surface area (Å²) < 4.78 is 18.3. The van der Waals surface area contributed by atoms with Gasteiger partial charge in [0.15, 0.2) is 11.0 Å². The molecular weight excluding hydrogens is 326 g/mol. The van der Waals surface area contributed by atoms with E-state index in [2.05, 4.69) is 14.8 Å². The van der Waals surface area contributed by atoms with E-state index in [0.29, 0.717) is 6.61 Å². The van der Waals surface area contributed by atoms with Crippen LogP contribution in [0.15, 0.2) is 29.4 Å². The van der Waals surface area contributed by atoms with Gasteiger partial charge in [-0.2, -0.15) is 0 Å². The maximum Gasteiger partial charge on any atom is 0.191 e. The first-order valence-corrected chi connectivity index (χ1v) is 9.11. The third-order valence-electron chi connectivity index (χ3n) is 3.99.